The third-order valence-corrected chi connectivity index (χ3v) is 4.61. The summed E-state index contributed by atoms with van der Waals surface area (Å²) < 4.78 is 0. The van der Waals surface area contributed by atoms with E-state index in [1.807, 2.05) is 0 Å². The molecule has 0 fully saturated rings. The van der Waals surface area contributed by atoms with E-state index < -0.39 is 0 Å². The molecule has 0 heteroatoms. The summed E-state index contributed by atoms with van der Waals surface area (Å²) in [5.41, 5.74) is 6.19. The molecule has 0 saturated heterocycles. The minimum absolute atomic E-state index is 0.175. The summed E-state index contributed by atoms with van der Waals surface area (Å²) in [4.78, 5) is 0. The van der Waals surface area contributed by atoms with Crippen LogP contribution in [-0.4, -0.2) is 0 Å². The average Bonchev–Trinajstić information content (AvgIpc) is 2.46. The second-order valence-electron chi connectivity index (χ2n) is 8.90. The van der Waals surface area contributed by atoms with Crippen LogP contribution in [0.15, 0.2) is 48.5 Å². The summed E-state index contributed by atoms with van der Waals surface area (Å²) in [6.45, 7) is 16.2. The minimum Gasteiger partial charge on any atom is -0.0622 e. The number of rotatable bonds is 3. The van der Waals surface area contributed by atoms with E-state index in [2.05, 4.69) is 97.0 Å². The van der Waals surface area contributed by atoms with Gasteiger partial charge in [0, 0.05) is 0 Å². The molecule has 2 aromatic rings. The molecule has 0 bridgehead atoms. The van der Waals surface area contributed by atoms with E-state index in [1.165, 1.54) is 22.3 Å². The molecule has 0 aromatic heterocycles. The van der Waals surface area contributed by atoms with E-state index in [4.69, 9.17) is 0 Å². The molecule has 1 atom stereocenters. The van der Waals surface area contributed by atoms with Gasteiger partial charge in [0.15, 0.2) is 0 Å². The lowest BCUT2D eigenvalue weighted by atomic mass is 9.74. The molecule has 0 nitrogen and oxygen atoms in total. The van der Waals surface area contributed by atoms with Gasteiger partial charge < -0.3 is 0 Å². The van der Waals surface area contributed by atoms with Gasteiger partial charge in [0.1, 0.15) is 0 Å². The van der Waals surface area contributed by atoms with E-state index >= 15 is 0 Å². The maximum atomic E-state index is 2.44. The number of benzene rings is 2. The van der Waals surface area contributed by atoms with Crippen molar-refractivity contribution in [2.45, 2.75) is 71.6 Å². The molecular weight excluding hydrogens is 276 g/mol. The van der Waals surface area contributed by atoms with Crippen LogP contribution in [0.5, 0.6) is 0 Å². The Balaban J connectivity index is 2.35. The first-order valence-electron chi connectivity index (χ1n) is 8.78. The maximum absolute atomic E-state index is 2.44. The highest BCUT2D eigenvalue weighted by Crippen LogP contribution is 2.35. The van der Waals surface area contributed by atoms with Crippen LogP contribution in [0.25, 0.3) is 0 Å². The molecule has 0 saturated carbocycles. The smallest absolute Gasteiger partial charge is 0.0129 e. The Hall–Kier alpha value is -1.56. The van der Waals surface area contributed by atoms with Crippen molar-refractivity contribution in [3.63, 3.8) is 0 Å². The summed E-state index contributed by atoms with van der Waals surface area (Å²) in [5, 5.41) is 0. The molecule has 0 aliphatic rings. The SMILES string of the molecule is CC(Cc1ccc(C(C)(C)C)c(C(C)(C)C)c1)c1ccccc1. The summed E-state index contributed by atoms with van der Waals surface area (Å²) in [6, 6.07) is 18.0. The molecule has 0 N–H and O–H groups in total. The lowest BCUT2D eigenvalue weighted by Crippen LogP contribution is -2.22. The van der Waals surface area contributed by atoms with E-state index in [-0.39, 0.29) is 10.8 Å². The molecular formula is C23H32. The number of hydrogen-bond acceptors (Lipinski definition) is 0. The van der Waals surface area contributed by atoms with Crippen LogP contribution in [0.4, 0.5) is 0 Å². The standard InChI is InChI=1S/C23H32/c1-17(19-11-9-8-10-12-19)15-18-13-14-20(22(2,3)4)21(16-18)23(5,6)7/h8-14,16-17H,15H2,1-7H3. The van der Waals surface area contributed by atoms with Gasteiger partial charge in [-0.25, -0.2) is 0 Å². The van der Waals surface area contributed by atoms with Gasteiger partial charge in [0.05, 0.1) is 0 Å². The molecule has 0 spiro atoms. The van der Waals surface area contributed by atoms with Crippen molar-refractivity contribution >= 4 is 0 Å². The fourth-order valence-corrected chi connectivity index (χ4v) is 3.25. The fraction of sp³-hybridized carbons (Fsp3) is 0.478. The van der Waals surface area contributed by atoms with Crippen molar-refractivity contribution in [2.75, 3.05) is 0 Å². The third kappa shape index (κ3) is 4.47. The minimum atomic E-state index is 0.175. The van der Waals surface area contributed by atoms with Crippen molar-refractivity contribution < 1.29 is 0 Å². The van der Waals surface area contributed by atoms with Gasteiger partial charge in [0.25, 0.3) is 0 Å². The van der Waals surface area contributed by atoms with Gasteiger partial charge in [-0.05, 0) is 45.4 Å². The highest BCUT2D eigenvalue weighted by Gasteiger charge is 2.25. The van der Waals surface area contributed by atoms with Crippen LogP contribution in [-0.2, 0) is 17.3 Å². The quantitative estimate of drug-likeness (QED) is 0.597. The Morgan fingerprint density at radius 3 is 1.83 bits per heavy atom. The largest absolute Gasteiger partial charge is 0.0622 e. The van der Waals surface area contributed by atoms with E-state index in [0.717, 1.165) is 6.42 Å². The molecule has 2 aromatic carbocycles. The third-order valence-electron chi connectivity index (χ3n) is 4.61. The molecule has 0 aliphatic heterocycles. The maximum Gasteiger partial charge on any atom is -0.0129 e. The van der Waals surface area contributed by atoms with Gasteiger partial charge in [-0.2, -0.15) is 0 Å². The van der Waals surface area contributed by atoms with Gasteiger partial charge in [-0.1, -0.05) is 97.0 Å². The first-order chi connectivity index (χ1) is 10.6. The van der Waals surface area contributed by atoms with Crippen LogP contribution in [0, 0.1) is 0 Å². The number of hydrogen-bond donors (Lipinski definition) is 0. The lowest BCUT2D eigenvalue weighted by Gasteiger charge is -2.31. The topological polar surface area (TPSA) is 0 Å². The van der Waals surface area contributed by atoms with E-state index in [0.29, 0.717) is 5.92 Å². The highest BCUT2D eigenvalue weighted by molar-refractivity contribution is 5.41. The first-order valence-corrected chi connectivity index (χ1v) is 8.78. The Labute approximate surface area is 143 Å². The zero-order chi connectivity index (χ0) is 17.3. The summed E-state index contributed by atoms with van der Waals surface area (Å²) in [5.74, 6) is 0.546. The second-order valence-corrected chi connectivity index (χ2v) is 8.90. The Morgan fingerprint density at radius 2 is 1.30 bits per heavy atom. The predicted molar refractivity (Wildman–Crippen MR) is 102 cm³/mol. The van der Waals surface area contributed by atoms with Crippen LogP contribution in [0.1, 0.15) is 76.6 Å². The molecule has 0 aliphatic carbocycles. The van der Waals surface area contributed by atoms with Crippen molar-refractivity contribution in [1.82, 2.24) is 0 Å². The van der Waals surface area contributed by atoms with Gasteiger partial charge in [-0.3, -0.25) is 0 Å². The Morgan fingerprint density at radius 1 is 0.739 bits per heavy atom. The van der Waals surface area contributed by atoms with Crippen LogP contribution >= 0.6 is 0 Å². The second kappa shape index (κ2) is 6.51. The molecule has 124 valence electrons. The van der Waals surface area contributed by atoms with Crippen LogP contribution in [0.3, 0.4) is 0 Å². The summed E-state index contributed by atoms with van der Waals surface area (Å²) in [6.07, 6.45) is 1.09. The van der Waals surface area contributed by atoms with Crippen LogP contribution in [0.2, 0.25) is 0 Å². The van der Waals surface area contributed by atoms with Gasteiger partial charge in [-0.15, -0.1) is 0 Å². The monoisotopic (exact) mass is 308 g/mol. The Kier molecular flexibility index (Phi) is 5.04. The van der Waals surface area contributed by atoms with Crippen molar-refractivity contribution in [3.8, 4) is 0 Å². The molecule has 0 heterocycles. The predicted octanol–water partition coefficient (Wildman–Crippen LogP) is 6.63. The Bertz CT molecular complexity index is 636. The van der Waals surface area contributed by atoms with Crippen molar-refractivity contribution in [3.05, 3.63) is 70.8 Å². The fourth-order valence-electron chi connectivity index (χ4n) is 3.25. The normalized spacial score (nSPS) is 13.9. The lowest BCUT2D eigenvalue weighted by molar-refractivity contribution is 0.529. The first kappa shape index (κ1) is 17.8. The molecule has 23 heavy (non-hydrogen) atoms. The zero-order valence-corrected chi connectivity index (χ0v) is 15.9. The van der Waals surface area contributed by atoms with E-state index in [1.54, 1.807) is 0 Å². The van der Waals surface area contributed by atoms with Crippen LogP contribution < -0.4 is 0 Å². The highest BCUT2D eigenvalue weighted by atomic mass is 14.3. The summed E-state index contributed by atoms with van der Waals surface area (Å²) >= 11 is 0. The van der Waals surface area contributed by atoms with Gasteiger partial charge in [0.2, 0.25) is 0 Å². The van der Waals surface area contributed by atoms with Crippen molar-refractivity contribution in [1.29, 1.82) is 0 Å². The van der Waals surface area contributed by atoms with E-state index in [9.17, 15) is 0 Å². The molecule has 1 unspecified atom stereocenters. The zero-order valence-electron chi connectivity index (χ0n) is 15.9. The average molecular weight is 309 g/mol. The molecule has 0 amide bonds. The van der Waals surface area contributed by atoms with Gasteiger partial charge >= 0.3 is 0 Å². The molecule has 0 radical (unpaired) electrons. The summed E-state index contributed by atoms with van der Waals surface area (Å²) in [7, 11) is 0. The van der Waals surface area contributed by atoms with Crippen molar-refractivity contribution in [2.24, 2.45) is 0 Å². The molecule has 2 rings (SSSR count).